The van der Waals surface area contributed by atoms with Gasteiger partial charge in [-0.3, -0.25) is 0 Å². The zero-order chi connectivity index (χ0) is 3.58. The van der Waals surface area contributed by atoms with E-state index < -0.39 is 0 Å². The van der Waals surface area contributed by atoms with E-state index in [9.17, 15) is 0 Å². The van der Waals surface area contributed by atoms with Crippen LogP contribution >= 0.6 is 12.2 Å². The van der Waals surface area contributed by atoms with Crippen molar-refractivity contribution in [3.05, 3.63) is 0 Å². The van der Waals surface area contributed by atoms with Gasteiger partial charge in [-0.2, -0.15) is 4.20 Å². The molecule has 0 aromatic rings. The maximum absolute atomic E-state index is 4.35. The van der Waals surface area contributed by atoms with Gasteiger partial charge in [-0.1, -0.05) is 6.92 Å². The third-order valence-corrected chi connectivity index (χ3v) is 0. The minimum Gasteiger partial charge on any atom is -0.433 e. The molecule has 0 rings (SSSR count). The minimum absolute atomic E-state index is 0. The average molecular weight is 288 g/mol. The molecule has 0 saturated carbocycles. The Balaban J connectivity index is 0. The summed E-state index contributed by atoms with van der Waals surface area (Å²) in [5.41, 5.74) is 0. The van der Waals surface area contributed by atoms with Crippen LogP contribution < -0.4 is 0 Å². The van der Waals surface area contributed by atoms with Gasteiger partial charge in [0.1, 0.15) is 0 Å². The summed E-state index contributed by atoms with van der Waals surface area (Å²) >= 11 is 8.70. The Morgan fingerprint density at radius 2 is 1.80 bits per heavy atom. The van der Waals surface area contributed by atoms with Crippen LogP contribution in [0.2, 0.25) is 0 Å². The summed E-state index contributed by atoms with van der Waals surface area (Å²) < 4.78 is 0.583. The first-order valence-corrected chi connectivity index (χ1v) is 1.72. The molecule has 0 fully saturated rings. The van der Waals surface area contributed by atoms with Crippen molar-refractivity contribution in [2.45, 2.75) is 6.92 Å². The second-order valence-corrected chi connectivity index (χ2v) is 1.97. The minimum atomic E-state index is 0. The van der Waals surface area contributed by atoms with Gasteiger partial charge in [0.15, 0.2) is 0 Å². The van der Waals surface area contributed by atoms with Gasteiger partial charge in [0.2, 0.25) is 0 Å². The molecule has 0 aromatic heterocycles. The fraction of sp³-hybridized carbons (Fsp3) is 0.500. The Kier molecular flexibility index (Phi) is 9.50. The molecule has 0 heterocycles. The third-order valence-electron chi connectivity index (χ3n) is 0. The van der Waals surface area contributed by atoms with E-state index in [1.165, 1.54) is 0 Å². The Labute approximate surface area is 58.3 Å². The molecule has 0 aliphatic carbocycles. The summed E-state index contributed by atoms with van der Waals surface area (Å²) in [6.45, 7) is 1.71. The van der Waals surface area contributed by atoms with Gasteiger partial charge >= 0.3 is 22.4 Å². The van der Waals surface area contributed by atoms with E-state index >= 15 is 0 Å². The van der Waals surface area contributed by atoms with Crippen LogP contribution in [0.3, 0.4) is 0 Å². The van der Waals surface area contributed by atoms with Crippen LogP contribution in [0, 0.1) is 0 Å². The van der Waals surface area contributed by atoms with Crippen molar-refractivity contribution in [1.82, 2.24) is 0 Å². The van der Waals surface area contributed by atoms with Crippen molar-refractivity contribution >= 4 is 29.0 Å². The molecule has 0 aliphatic rings. The second kappa shape index (κ2) is 5.05. The summed E-state index contributed by atoms with van der Waals surface area (Å²) in [4.78, 5) is 0. The fourth-order valence-electron chi connectivity index (χ4n) is 0. The molecule has 0 unspecified atom stereocenters. The molecule has 0 saturated heterocycles. The van der Waals surface area contributed by atoms with Crippen LogP contribution in [-0.2, 0) is 35.0 Å². The predicted octanol–water partition coefficient (Wildman–Crippen LogP) is 0.878. The van der Waals surface area contributed by atoms with E-state index in [2.05, 4.69) is 24.8 Å². The molecule has 0 aromatic carbocycles. The third kappa shape index (κ3) is 42.6. The van der Waals surface area contributed by atoms with Gasteiger partial charge in [-0.05, 0) is 0 Å². The van der Waals surface area contributed by atoms with E-state index in [0.29, 0.717) is 4.20 Å². The summed E-state index contributed by atoms with van der Waals surface area (Å²) in [6.07, 6.45) is 0. The quantitative estimate of drug-likeness (QED) is 0.369. The van der Waals surface area contributed by atoms with Crippen molar-refractivity contribution in [1.29, 1.82) is 0 Å². The van der Waals surface area contributed by atoms with Crippen molar-refractivity contribution in [2.75, 3.05) is 0 Å². The van der Waals surface area contributed by atoms with Crippen molar-refractivity contribution in [2.24, 2.45) is 0 Å². The molecule has 0 amide bonds. The van der Waals surface area contributed by atoms with E-state index in [0.717, 1.165) is 0 Å². The molecule has 3 heteroatoms. The SMILES string of the molecule is CC(=S)[S-].[Au+]. The van der Waals surface area contributed by atoms with Gasteiger partial charge in [0, 0.05) is 0 Å². The second-order valence-electron chi connectivity index (χ2n) is 0.492. The monoisotopic (exact) mass is 288 g/mol. The van der Waals surface area contributed by atoms with Crippen LogP contribution in [0.1, 0.15) is 6.92 Å². The fourth-order valence-corrected chi connectivity index (χ4v) is 0. The van der Waals surface area contributed by atoms with Crippen molar-refractivity contribution in [3.8, 4) is 0 Å². The number of thiocarbonyl (C=S) groups is 1. The van der Waals surface area contributed by atoms with Gasteiger partial charge in [0.25, 0.3) is 0 Å². The van der Waals surface area contributed by atoms with Crippen LogP contribution in [0.4, 0.5) is 0 Å². The zero-order valence-corrected chi connectivity index (χ0v) is 6.42. The maximum Gasteiger partial charge on any atom is 1.00 e. The molecule has 0 N–H and O–H groups in total. The molecule has 0 radical (unpaired) electrons. The molecule has 0 atom stereocenters. The van der Waals surface area contributed by atoms with Crippen molar-refractivity contribution < 1.29 is 22.4 Å². The summed E-state index contributed by atoms with van der Waals surface area (Å²) in [5.74, 6) is 0. The normalized spacial score (nSPS) is 5.00. The van der Waals surface area contributed by atoms with Crippen molar-refractivity contribution in [3.63, 3.8) is 0 Å². The Hall–Kier alpha value is 1.05. The molecular weight excluding hydrogens is 285 g/mol. The van der Waals surface area contributed by atoms with E-state index in [1.54, 1.807) is 6.92 Å². The van der Waals surface area contributed by atoms with E-state index in [-0.39, 0.29) is 22.4 Å². The standard InChI is InChI=1S/C2H4S2.Au/c1-2(3)4;/h1H3,(H,3,4);/q;+1/p-1. The molecular formula is C2H3AuS2. The van der Waals surface area contributed by atoms with Crippen LogP contribution in [0.15, 0.2) is 0 Å². The molecule has 0 nitrogen and oxygen atoms in total. The Morgan fingerprint density at radius 1 is 1.80 bits per heavy atom. The number of rotatable bonds is 0. The van der Waals surface area contributed by atoms with E-state index in [1.807, 2.05) is 0 Å². The molecule has 0 bridgehead atoms. The number of hydrogen-bond donors (Lipinski definition) is 0. The molecule has 0 spiro atoms. The van der Waals surface area contributed by atoms with Crippen LogP contribution in [0.5, 0.6) is 0 Å². The van der Waals surface area contributed by atoms with Gasteiger partial charge in [-0.15, -0.1) is 0 Å². The first-order valence-electron chi connectivity index (χ1n) is 0.908. The molecule has 34 valence electrons. The first-order chi connectivity index (χ1) is 1.73. The zero-order valence-electron chi connectivity index (χ0n) is 2.62. The molecule has 0 aliphatic heterocycles. The largest absolute Gasteiger partial charge is 1.00 e. The summed E-state index contributed by atoms with van der Waals surface area (Å²) in [7, 11) is 0. The first kappa shape index (κ1) is 9.41. The predicted molar refractivity (Wildman–Crippen MR) is 25.6 cm³/mol. The van der Waals surface area contributed by atoms with Crippen LogP contribution in [-0.4, -0.2) is 4.20 Å². The van der Waals surface area contributed by atoms with Gasteiger partial charge in [0.05, 0.1) is 0 Å². The van der Waals surface area contributed by atoms with E-state index in [4.69, 9.17) is 0 Å². The Morgan fingerprint density at radius 3 is 1.80 bits per heavy atom. The van der Waals surface area contributed by atoms with Crippen LogP contribution in [0.25, 0.3) is 0 Å². The number of hydrogen-bond acceptors (Lipinski definition) is 2. The maximum atomic E-state index is 4.35. The molecule has 5 heavy (non-hydrogen) atoms. The topological polar surface area (TPSA) is 0 Å². The van der Waals surface area contributed by atoms with Gasteiger partial charge < -0.3 is 24.8 Å². The van der Waals surface area contributed by atoms with Gasteiger partial charge in [-0.25, -0.2) is 0 Å². The summed E-state index contributed by atoms with van der Waals surface area (Å²) in [6, 6.07) is 0. The average Bonchev–Trinajstić information content (AvgIpc) is 0.811. The summed E-state index contributed by atoms with van der Waals surface area (Å²) in [5, 5.41) is 0. The Bertz CT molecular complexity index is 30.6. The smallest absolute Gasteiger partial charge is 0.433 e.